The molecule has 0 aliphatic heterocycles. The highest BCUT2D eigenvalue weighted by molar-refractivity contribution is 6.04. The fourth-order valence-electron chi connectivity index (χ4n) is 2.91. The molecule has 0 aliphatic rings. The number of carbonyl (C=O) groups excluding carboxylic acids is 1. The summed E-state index contributed by atoms with van der Waals surface area (Å²) in [6.07, 6.45) is -4.35. The average molecular weight is 414 g/mol. The van der Waals surface area contributed by atoms with Crippen LogP contribution >= 0.6 is 0 Å². The number of benzene rings is 3. The summed E-state index contributed by atoms with van der Waals surface area (Å²) < 4.78 is 43.5. The second kappa shape index (κ2) is 9.45. The lowest BCUT2D eigenvalue weighted by Crippen LogP contribution is -2.15. The molecule has 0 atom stereocenters. The van der Waals surface area contributed by atoms with Crippen molar-refractivity contribution in [1.29, 1.82) is 0 Å². The van der Waals surface area contributed by atoms with Crippen molar-refractivity contribution in [1.82, 2.24) is 5.32 Å². The fraction of sp³-hybridized carbons (Fsp3) is 0.174. The molecule has 2 N–H and O–H groups in total. The molecule has 0 spiro atoms. The van der Waals surface area contributed by atoms with E-state index in [1.165, 1.54) is 6.07 Å². The normalized spacial score (nSPS) is 11.2. The largest absolute Gasteiger partial charge is 0.497 e. The predicted molar refractivity (Wildman–Crippen MR) is 109 cm³/mol. The van der Waals surface area contributed by atoms with Crippen LogP contribution in [-0.2, 0) is 19.3 Å². The average Bonchev–Trinajstić information content (AvgIpc) is 2.74. The Morgan fingerprint density at radius 3 is 2.17 bits per heavy atom. The highest BCUT2D eigenvalue weighted by Gasteiger charge is 2.30. The van der Waals surface area contributed by atoms with Crippen molar-refractivity contribution in [3.8, 4) is 5.75 Å². The summed E-state index contributed by atoms with van der Waals surface area (Å²) in [5.74, 6) is 0.423. The van der Waals surface area contributed by atoms with Gasteiger partial charge in [-0.3, -0.25) is 4.79 Å². The highest BCUT2D eigenvalue weighted by atomic mass is 19.4. The van der Waals surface area contributed by atoms with Crippen LogP contribution in [0.1, 0.15) is 27.0 Å². The van der Waals surface area contributed by atoms with E-state index >= 15 is 0 Å². The van der Waals surface area contributed by atoms with E-state index < -0.39 is 11.7 Å². The number of rotatable bonds is 7. The molecule has 30 heavy (non-hydrogen) atoms. The van der Waals surface area contributed by atoms with Gasteiger partial charge in [0.25, 0.3) is 5.91 Å². The second-order valence-corrected chi connectivity index (χ2v) is 6.68. The SMILES string of the molecule is COc1ccc(C(=O)Nc2cccc(CNCc3cccc(C(F)(F)F)c3)c2)cc1. The molecule has 0 bridgehead atoms. The molecule has 0 fully saturated rings. The summed E-state index contributed by atoms with van der Waals surface area (Å²) in [5.41, 5.74) is 1.92. The first-order valence-electron chi connectivity index (χ1n) is 9.26. The van der Waals surface area contributed by atoms with E-state index in [1.807, 2.05) is 18.2 Å². The Hall–Kier alpha value is -3.32. The van der Waals surface area contributed by atoms with Gasteiger partial charge < -0.3 is 15.4 Å². The number of carbonyl (C=O) groups is 1. The molecule has 3 aromatic carbocycles. The van der Waals surface area contributed by atoms with Gasteiger partial charge in [-0.15, -0.1) is 0 Å². The quantitative estimate of drug-likeness (QED) is 0.555. The predicted octanol–water partition coefficient (Wildman–Crippen LogP) is 5.26. The van der Waals surface area contributed by atoms with Crippen molar-refractivity contribution >= 4 is 11.6 Å². The van der Waals surface area contributed by atoms with E-state index in [0.29, 0.717) is 35.7 Å². The highest BCUT2D eigenvalue weighted by Crippen LogP contribution is 2.29. The van der Waals surface area contributed by atoms with Gasteiger partial charge in [0.05, 0.1) is 12.7 Å². The summed E-state index contributed by atoms with van der Waals surface area (Å²) in [6.45, 7) is 0.745. The van der Waals surface area contributed by atoms with E-state index in [9.17, 15) is 18.0 Å². The summed E-state index contributed by atoms with van der Waals surface area (Å²) in [4.78, 5) is 12.4. The van der Waals surface area contributed by atoms with Crippen molar-refractivity contribution < 1.29 is 22.7 Å². The third-order valence-electron chi connectivity index (χ3n) is 4.45. The van der Waals surface area contributed by atoms with Crippen molar-refractivity contribution in [3.05, 3.63) is 95.1 Å². The molecule has 3 aromatic rings. The van der Waals surface area contributed by atoms with Crippen molar-refractivity contribution in [2.75, 3.05) is 12.4 Å². The van der Waals surface area contributed by atoms with Crippen LogP contribution in [0, 0.1) is 0 Å². The Morgan fingerprint density at radius 1 is 0.900 bits per heavy atom. The molecule has 156 valence electrons. The molecule has 0 unspecified atom stereocenters. The monoisotopic (exact) mass is 414 g/mol. The smallest absolute Gasteiger partial charge is 0.416 e. The van der Waals surface area contributed by atoms with Crippen LogP contribution in [0.2, 0.25) is 0 Å². The van der Waals surface area contributed by atoms with Crippen molar-refractivity contribution in [2.45, 2.75) is 19.3 Å². The van der Waals surface area contributed by atoms with Gasteiger partial charge in [-0.1, -0.05) is 30.3 Å². The first-order valence-corrected chi connectivity index (χ1v) is 9.26. The zero-order valence-corrected chi connectivity index (χ0v) is 16.3. The summed E-state index contributed by atoms with van der Waals surface area (Å²) in [7, 11) is 1.56. The summed E-state index contributed by atoms with van der Waals surface area (Å²) in [6, 6.07) is 19.3. The maximum absolute atomic E-state index is 12.8. The first-order chi connectivity index (χ1) is 14.3. The van der Waals surface area contributed by atoms with Crippen LogP contribution in [0.25, 0.3) is 0 Å². The van der Waals surface area contributed by atoms with Crippen LogP contribution in [0.15, 0.2) is 72.8 Å². The van der Waals surface area contributed by atoms with Crippen molar-refractivity contribution in [3.63, 3.8) is 0 Å². The lowest BCUT2D eigenvalue weighted by atomic mass is 10.1. The van der Waals surface area contributed by atoms with Crippen LogP contribution in [0.3, 0.4) is 0 Å². The van der Waals surface area contributed by atoms with Crippen LogP contribution in [-0.4, -0.2) is 13.0 Å². The van der Waals surface area contributed by atoms with Crippen molar-refractivity contribution in [2.24, 2.45) is 0 Å². The molecular formula is C23H21F3N2O2. The van der Waals surface area contributed by atoms with Gasteiger partial charge >= 0.3 is 6.18 Å². The van der Waals surface area contributed by atoms with Crippen LogP contribution in [0.4, 0.5) is 18.9 Å². The molecule has 0 aliphatic carbocycles. The Labute approximate surface area is 172 Å². The molecule has 0 heterocycles. The van der Waals surface area contributed by atoms with Gasteiger partial charge in [0, 0.05) is 24.3 Å². The zero-order chi connectivity index (χ0) is 21.6. The van der Waals surface area contributed by atoms with E-state index in [1.54, 1.807) is 43.5 Å². The van der Waals surface area contributed by atoms with Crippen LogP contribution in [0.5, 0.6) is 5.75 Å². The lowest BCUT2D eigenvalue weighted by molar-refractivity contribution is -0.137. The number of hydrogen-bond acceptors (Lipinski definition) is 3. The number of nitrogens with one attached hydrogen (secondary N) is 2. The minimum absolute atomic E-state index is 0.244. The van der Waals surface area contributed by atoms with E-state index in [4.69, 9.17) is 4.74 Å². The second-order valence-electron chi connectivity index (χ2n) is 6.68. The molecule has 0 radical (unpaired) electrons. The Bertz CT molecular complexity index is 1000. The number of halogens is 3. The lowest BCUT2D eigenvalue weighted by Gasteiger charge is -2.11. The Balaban J connectivity index is 1.57. The van der Waals surface area contributed by atoms with Gasteiger partial charge in [0.1, 0.15) is 5.75 Å². The van der Waals surface area contributed by atoms with E-state index in [0.717, 1.165) is 17.7 Å². The van der Waals surface area contributed by atoms with E-state index in [2.05, 4.69) is 10.6 Å². The molecule has 3 rings (SSSR count). The summed E-state index contributed by atoms with van der Waals surface area (Å²) >= 11 is 0. The van der Waals surface area contributed by atoms with Gasteiger partial charge in [-0.25, -0.2) is 0 Å². The maximum atomic E-state index is 12.8. The molecule has 0 saturated carbocycles. The number of hydrogen-bond donors (Lipinski definition) is 2. The van der Waals surface area contributed by atoms with Gasteiger partial charge in [0.15, 0.2) is 0 Å². The maximum Gasteiger partial charge on any atom is 0.416 e. The third-order valence-corrected chi connectivity index (χ3v) is 4.45. The minimum atomic E-state index is -4.35. The van der Waals surface area contributed by atoms with E-state index in [-0.39, 0.29) is 5.91 Å². The topological polar surface area (TPSA) is 50.4 Å². The molecule has 4 nitrogen and oxygen atoms in total. The fourth-order valence-corrected chi connectivity index (χ4v) is 2.91. The number of alkyl halides is 3. The van der Waals surface area contributed by atoms with Gasteiger partial charge in [-0.2, -0.15) is 13.2 Å². The third kappa shape index (κ3) is 5.84. The molecule has 0 aromatic heterocycles. The van der Waals surface area contributed by atoms with Gasteiger partial charge in [0.2, 0.25) is 0 Å². The molecular weight excluding hydrogens is 393 g/mol. The Morgan fingerprint density at radius 2 is 1.53 bits per heavy atom. The number of ether oxygens (including phenoxy) is 1. The number of anilines is 1. The molecule has 7 heteroatoms. The summed E-state index contributed by atoms with van der Waals surface area (Å²) in [5, 5.41) is 5.96. The Kier molecular flexibility index (Phi) is 6.74. The van der Waals surface area contributed by atoms with Gasteiger partial charge in [-0.05, 0) is 53.6 Å². The number of methoxy groups -OCH3 is 1. The number of amides is 1. The standard InChI is InChI=1S/C23H21F3N2O2/c1-30-21-10-8-18(9-11-21)22(29)28-20-7-3-5-17(13-20)15-27-14-16-4-2-6-19(12-16)23(24,25)26/h2-13,27H,14-15H2,1H3,(H,28,29). The first kappa shape index (κ1) is 21.4. The molecule has 0 saturated heterocycles. The minimum Gasteiger partial charge on any atom is -0.497 e. The zero-order valence-electron chi connectivity index (χ0n) is 16.3. The van der Waals surface area contributed by atoms with Crippen LogP contribution < -0.4 is 15.4 Å². The molecule has 1 amide bonds.